The Balaban J connectivity index is 1.12. The summed E-state index contributed by atoms with van der Waals surface area (Å²) in [4.78, 5) is 5.35. The van der Waals surface area contributed by atoms with Crippen LogP contribution in [0.1, 0.15) is 22.3 Å². The second kappa shape index (κ2) is 20.6. The van der Waals surface area contributed by atoms with E-state index in [1.807, 2.05) is 0 Å². The summed E-state index contributed by atoms with van der Waals surface area (Å²) in [6.45, 7) is 8.72. The van der Waals surface area contributed by atoms with E-state index in [9.17, 15) is 0 Å². The van der Waals surface area contributed by atoms with Gasteiger partial charge in [-0.15, -0.1) is 0 Å². The molecule has 2 aliphatic heterocycles. The first kappa shape index (κ1) is 51.0. The fraction of sp³-hybridized carbons (Fsp3) is 0.0488. The number of anilines is 6. The molecule has 0 saturated heterocycles. The van der Waals surface area contributed by atoms with Crippen molar-refractivity contribution in [3.8, 4) is 72.4 Å². The molecule has 1 aromatic heterocycles. The predicted molar refractivity (Wildman–Crippen MR) is 366 cm³/mol. The molecule has 0 N–H and O–H groups in total. The Bertz CT molecular complexity index is 4560. The van der Waals surface area contributed by atoms with Crippen molar-refractivity contribution in [1.82, 2.24) is 4.57 Å². The molecule has 3 nitrogen and oxygen atoms in total. The van der Waals surface area contributed by atoms with Crippen LogP contribution >= 0.6 is 0 Å². The smallest absolute Gasteiger partial charge is 0.252 e. The molecule has 0 bridgehead atoms. The van der Waals surface area contributed by atoms with E-state index in [2.05, 4.69) is 333 Å². The summed E-state index contributed by atoms with van der Waals surface area (Å²) >= 11 is 0. The van der Waals surface area contributed by atoms with Gasteiger partial charge in [-0.2, -0.15) is 0 Å². The average Bonchev–Trinajstić information content (AvgIpc) is 0.834. The first-order valence-corrected chi connectivity index (χ1v) is 30.0. The molecule has 0 radical (unpaired) electrons. The van der Waals surface area contributed by atoms with Gasteiger partial charge in [0.05, 0.1) is 28.1 Å². The van der Waals surface area contributed by atoms with Crippen molar-refractivity contribution in [3.63, 3.8) is 0 Å². The second-order valence-electron chi connectivity index (χ2n) is 23.4. The van der Waals surface area contributed by atoms with Gasteiger partial charge in [0.25, 0.3) is 6.71 Å². The minimum atomic E-state index is -0.181. The Labute approximate surface area is 504 Å². The molecule has 0 unspecified atom stereocenters. The van der Waals surface area contributed by atoms with Gasteiger partial charge < -0.3 is 14.4 Å². The zero-order valence-electron chi connectivity index (χ0n) is 48.6. The molecule has 16 rings (SSSR count). The van der Waals surface area contributed by atoms with Crippen LogP contribution in [-0.2, 0) is 0 Å². The molecule has 14 aromatic rings. The van der Waals surface area contributed by atoms with Gasteiger partial charge in [0, 0.05) is 55.8 Å². The zero-order chi connectivity index (χ0) is 57.6. The lowest BCUT2D eigenvalue weighted by Gasteiger charge is -2.46. The number of hydrogen-bond acceptors (Lipinski definition) is 2. The molecule has 0 amide bonds. The van der Waals surface area contributed by atoms with Crippen molar-refractivity contribution in [1.29, 1.82) is 0 Å². The minimum absolute atomic E-state index is 0.181. The van der Waals surface area contributed by atoms with Crippen molar-refractivity contribution < 1.29 is 0 Å². The van der Waals surface area contributed by atoms with Gasteiger partial charge in [-0.1, -0.05) is 266 Å². The van der Waals surface area contributed by atoms with E-state index in [-0.39, 0.29) is 6.71 Å². The van der Waals surface area contributed by atoms with E-state index in [1.165, 1.54) is 71.7 Å². The SMILES string of the molecule is Cc1ccc(-c2ccc3c(c2)N(c2c(-c4ccccc4)cccc2-c2ccccc2)c2cc(-n4c5ccccc5c5ccccc54)cc4c2B3c2ccc(-c3ccc(C)cc3C)cc2N4c2c(-c3ccccc3)cccc2-c2ccccc2)c(C)c1. The van der Waals surface area contributed by atoms with Gasteiger partial charge in [0.1, 0.15) is 0 Å². The highest BCUT2D eigenvalue weighted by Crippen LogP contribution is 2.54. The minimum Gasteiger partial charge on any atom is -0.310 e. The highest BCUT2D eigenvalue weighted by molar-refractivity contribution is 7.00. The number of aryl methyl sites for hydroxylation is 4. The average molecular weight is 1100 g/mol. The predicted octanol–water partition coefficient (Wildman–Crippen LogP) is 20.1. The second-order valence-corrected chi connectivity index (χ2v) is 23.4. The van der Waals surface area contributed by atoms with Gasteiger partial charge in [-0.25, -0.2) is 0 Å². The summed E-state index contributed by atoms with van der Waals surface area (Å²) in [5.74, 6) is 0. The maximum Gasteiger partial charge on any atom is 0.252 e. The van der Waals surface area contributed by atoms with Gasteiger partial charge in [0.2, 0.25) is 0 Å². The Morgan fingerprint density at radius 1 is 0.267 bits per heavy atom. The van der Waals surface area contributed by atoms with Crippen molar-refractivity contribution in [3.05, 3.63) is 313 Å². The normalized spacial score (nSPS) is 12.3. The summed E-state index contributed by atoms with van der Waals surface area (Å²) in [7, 11) is 0. The van der Waals surface area contributed by atoms with Crippen LogP contribution in [0, 0.1) is 27.7 Å². The Hall–Kier alpha value is -10.7. The lowest BCUT2D eigenvalue weighted by Crippen LogP contribution is -2.61. The third-order valence-electron chi connectivity index (χ3n) is 18.1. The van der Waals surface area contributed by atoms with Crippen LogP contribution in [0.25, 0.3) is 94.3 Å². The Morgan fingerprint density at radius 3 is 1.00 bits per heavy atom. The fourth-order valence-corrected chi connectivity index (χ4v) is 14.4. The number of para-hydroxylation sites is 4. The third-order valence-corrected chi connectivity index (χ3v) is 18.1. The van der Waals surface area contributed by atoms with E-state index >= 15 is 0 Å². The number of benzene rings is 13. The highest BCUT2D eigenvalue weighted by Gasteiger charge is 2.46. The van der Waals surface area contributed by atoms with Crippen LogP contribution in [0.15, 0.2) is 291 Å². The lowest BCUT2D eigenvalue weighted by atomic mass is 9.33. The van der Waals surface area contributed by atoms with E-state index in [0.717, 1.165) is 95.4 Å². The largest absolute Gasteiger partial charge is 0.310 e. The number of hydrogen-bond donors (Lipinski definition) is 0. The fourth-order valence-electron chi connectivity index (χ4n) is 14.4. The first-order valence-electron chi connectivity index (χ1n) is 30.0. The Morgan fingerprint density at radius 2 is 0.628 bits per heavy atom. The number of aromatic nitrogens is 1. The molecule has 2 aliphatic rings. The summed E-state index contributed by atoms with van der Waals surface area (Å²) in [6.07, 6.45) is 0. The van der Waals surface area contributed by atoms with Crippen molar-refractivity contribution >= 4 is 79.0 Å². The first-order chi connectivity index (χ1) is 42.3. The molecule has 0 spiro atoms. The third kappa shape index (κ3) is 8.27. The van der Waals surface area contributed by atoms with E-state index < -0.39 is 0 Å². The molecule has 4 heteroatoms. The topological polar surface area (TPSA) is 11.4 Å². The van der Waals surface area contributed by atoms with Crippen molar-refractivity contribution in [2.24, 2.45) is 0 Å². The number of fused-ring (bicyclic) bond motifs is 7. The maximum absolute atomic E-state index is 2.67. The van der Waals surface area contributed by atoms with E-state index in [0.29, 0.717) is 0 Å². The zero-order valence-corrected chi connectivity index (χ0v) is 48.6. The molecular weight excluding hydrogens is 1040 g/mol. The van der Waals surface area contributed by atoms with Crippen LogP contribution in [-0.4, -0.2) is 11.3 Å². The van der Waals surface area contributed by atoms with E-state index in [1.54, 1.807) is 0 Å². The van der Waals surface area contributed by atoms with Crippen LogP contribution in [0.5, 0.6) is 0 Å². The summed E-state index contributed by atoms with van der Waals surface area (Å²) in [5.41, 5.74) is 33.0. The standard InChI is InChI=1S/C82H60BN3/c1-53-39-43-64(55(3)47-53)61-41-45-72-76(49-61)85(81-66(57-23-9-5-10-24-57)33-21-34-67(81)58-25-11-6-12-26-58)78-51-63(84-74-37-19-17-31-70(74)71-32-18-20-38-75(71)84)52-79-80(78)83(72)73-46-42-62(65-44-40-54(2)48-56(65)4)50-77(73)86(79)82-68(59-27-13-7-14-28-59)35-22-36-69(82)60-29-15-8-16-30-60/h5-52H,1-4H3. The van der Waals surface area contributed by atoms with Gasteiger partial charge in [-0.05, 0) is 136 Å². The van der Waals surface area contributed by atoms with Crippen molar-refractivity contribution in [2.75, 3.05) is 9.80 Å². The van der Waals surface area contributed by atoms with Crippen LogP contribution < -0.4 is 26.2 Å². The monoisotopic (exact) mass is 1100 g/mol. The van der Waals surface area contributed by atoms with Crippen LogP contribution in [0.3, 0.4) is 0 Å². The van der Waals surface area contributed by atoms with E-state index in [4.69, 9.17) is 0 Å². The molecule has 0 saturated carbocycles. The number of rotatable bonds is 9. The lowest BCUT2D eigenvalue weighted by molar-refractivity contribution is 1.16. The molecule has 86 heavy (non-hydrogen) atoms. The van der Waals surface area contributed by atoms with Crippen molar-refractivity contribution in [2.45, 2.75) is 27.7 Å². The van der Waals surface area contributed by atoms with Gasteiger partial charge in [0.15, 0.2) is 0 Å². The molecule has 0 aliphatic carbocycles. The van der Waals surface area contributed by atoms with Crippen LogP contribution in [0.4, 0.5) is 34.1 Å². The maximum atomic E-state index is 2.67. The molecule has 13 aromatic carbocycles. The highest BCUT2D eigenvalue weighted by atomic mass is 15.2. The summed E-state index contributed by atoms with van der Waals surface area (Å²) < 4.78 is 2.53. The summed E-state index contributed by atoms with van der Waals surface area (Å²) in [5, 5.41) is 2.43. The molecular formula is C82H60BN3. The Kier molecular flexibility index (Phi) is 12.2. The summed E-state index contributed by atoms with van der Waals surface area (Å²) in [6, 6.07) is 109. The molecule has 406 valence electrons. The van der Waals surface area contributed by atoms with Crippen LogP contribution in [0.2, 0.25) is 0 Å². The molecule has 0 fully saturated rings. The van der Waals surface area contributed by atoms with Gasteiger partial charge >= 0.3 is 0 Å². The number of nitrogens with zero attached hydrogens (tertiary/aromatic N) is 3. The van der Waals surface area contributed by atoms with Gasteiger partial charge in [-0.3, -0.25) is 0 Å². The quantitative estimate of drug-likeness (QED) is 0.133. The molecule has 3 heterocycles. The molecule has 0 atom stereocenters.